The monoisotopic (exact) mass is 210 g/mol. The van der Waals surface area contributed by atoms with Gasteiger partial charge in [0.2, 0.25) is 0 Å². The van der Waals surface area contributed by atoms with Gasteiger partial charge in [-0.2, -0.15) is 0 Å². The van der Waals surface area contributed by atoms with Gasteiger partial charge in [-0.15, -0.1) is 0 Å². The minimum atomic E-state index is 0.313. The Kier molecular flexibility index (Phi) is 3.32. The molecule has 0 unspecified atom stereocenters. The molecule has 2 rings (SSSR count). The van der Waals surface area contributed by atoms with Crippen LogP contribution in [0.25, 0.3) is 0 Å². The van der Waals surface area contributed by atoms with Crippen molar-refractivity contribution in [3.05, 3.63) is 24.3 Å². The van der Waals surface area contributed by atoms with Gasteiger partial charge in [-0.1, -0.05) is 11.8 Å². The van der Waals surface area contributed by atoms with Crippen molar-refractivity contribution in [1.29, 1.82) is 0 Å². The first-order valence-corrected chi connectivity index (χ1v) is 5.83. The van der Waals surface area contributed by atoms with Crippen molar-refractivity contribution in [1.82, 2.24) is 0 Å². The van der Waals surface area contributed by atoms with Crippen LogP contribution in [-0.2, 0) is 4.74 Å². The van der Waals surface area contributed by atoms with Crippen molar-refractivity contribution in [3.8, 4) is 5.75 Å². The fraction of sp³-hybridized carbons (Fsp3) is 0.455. The molecule has 0 bridgehead atoms. The maximum atomic E-state index is 9.07. The minimum Gasteiger partial charge on any atom is -0.508 e. The molecular weight excluding hydrogens is 196 g/mol. The summed E-state index contributed by atoms with van der Waals surface area (Å²) in [5.74, 6) is 1.85. The number of phenolic OH excluding ortho intramolecular Hbond substituents is 1. The maximum Gasteiger partial charge on any atom is 0.115 e. The highest BCUT2D eigenvalue weighted by molar-refractivity contribution is 7.99. The van der Waals surface area contributed by atoms with Crippen molar-refractivity contribution in [2.45, 2.75) is 17.7 Å². The van der Waals surface area contributed by atoms with Crippen LogP contribution in [0, 0.1) is 5.92 Å². The first kappa shape index (κ1) is 9.87. The predicted octanol–water partition coefficient (Wildman–Crippen LogP) is 2.87. The van der Waals surface area contributed by atoms with E-state index >= 15 is 0 Å². The Balaban J connectivity index is 1.66. The molecule has 14 heavy (non-hydrogen) atoms. The quantitative estimate of drug-likeness (QED) is 0.460. The van der Waals surface area contributed by atoms with Crippen molar-refractivity contribution in [2.75, 3.05) is 12.5 Å². The summed E-state index contributed by atoms with van der Waals surface area (Å²) < 4.78 is 5.49. The smallest absolute Gasteiger partial charge is 0.115 e. The number of thioether (sulfide) groups is 1. The van der Waals surface area contributed by atoms with E-state index in [0.29, 0.717) is 11.7 Å². The molecule has 1 N–H and O–H groups in total. The van der Waals surface area contributed by atoms with E-state index in [1.165, 1.54) is 12.8 Å². The highest BCUT2D eigenvalue weighted by Crippen LogP contribution is 2.29. The van der Waals surface area contributed by atoms with E-state index in [0.717, 1.165) is 17.4 Å². The lowest BCUT2D eigenvalue weighted by atomic mass is 10.3. The maximum absolute atomic E-state index is 9.07. The molecule has 1 aromatic rings. The second-order valence-corrected chi connectivity index (χ2v) is 4.57. The molecule has 0 radical (unpaired) electrons. The van der Waals surface area contributed by atoms with Crippen molar-refractivity contribution >= 4 is 11.8 Å². The number of ether oxygens (including phenoxy) is 1. The third kappa shape index (κ3) is 3.24. The molecule has 0 aromatic heterocycles. The van der Waals surface area contributed by atoms with Gasteiger partial charge >= 0.3 is 0 Å². The van der Waals surface area contributed by atoms with E-state index in [2.05, 4.69) is 0 Å². The van der Waals surface area contributed by atoms with E-state index in [-0.39, 0.29) is 0 Å². The molecule has 0 amide bonds. The number of aromatic hydroxyl groups is 1. The van der Waals surface area contributed by atoms with Crippen LogP contribution in [0.4, 0.5) is 0 Å². The van der Waals surface area contributed by atoms with Crippen LogP contribution in [0.2, 0.25) is 0 Å². The molecule has 76 valence electrons. The van der Waals surface area contributed by atoms with Crippen LogP contribution in [0.3, 0.4) is 0 Å². The topological polar surface area (TPSA) is 29.5 Å². The van der Waals surface area contributed by atoms with Crippen molar-refractivity contribution in [2.24, 2.45) is 5.92 Å². The Morgan fingerprint density at radius 2 is 2.00 bits per heavy atom. The predicted molar refractivity (Wildman–Crippen MR) is 57.5 cm³/mol. The summed E-state index contributed by atoms with van der Waals surface area (Å²) in [6.07, 6.45) is 2.67. The molecule has 1 aliphatic rings. The molecule has 1 fully saturated rings. The molecule has 3 heteroatoms. The van der Waals surface area contributed by atoms with Gasteiger partial charge in [-0.25, -0.2) is 0 Å². The average Bonchev–Trinajstić information content (AvgIpc) is 2.99. The van der Waals surface area contributed by atoms with E-state index < -0.39 is 0 Å². The highest BCUT2D eigenvalue weighted by Gasteiger charge is 2.20. The molecule has 0 atom stereocenters. The van der Waals surface area contributed by atoms with Crippen LogP contribution in [0.5, 0.6) is 5.75 Å². The lowest BCUT2D eigenvalue weighted by molar-refractivity contribution is 0.171. The summed E-state index contributed by atoms with van der Waals surface area (Å²) in [5.41, 5.74) is 0. The molecule has 0 aliphatic heterocycles. The van der Waals surface area contributed by atoms with Crippen molar-refractivity contribution < 1.29 is 9.84 Å². The zero-order valence-corrected chi connectivity index (χ0v) is 8.80. The standard InChI is InChI=1S/C11H14O2S/c12-10-3-5-11(6-4-10)14-8-13-7-9-1-2-9/h3-6,9,12H,1-2,7-8H2. The van der Waals surface area contributed by atoms with Gasteiger partial charge in [-0.05, 0) is 43.0 Å². The second-order valence-electron chi connectivity index (χ2n) is 3.57. The van der Waals surface area contributed by atoms with Crippen LogP contribution in [0.1, 0.15) is 12.8 Å². The largest absolute Gasteiger partial charge is 0.508 e. The fourth-order valence-corrected chi connectivity index (χ4v) is 1.80. The van der Waals surface area contributed by atoms with Crippen LogP contribution in [0.15, 0.2) is 29.2 Å². The van der Waals surface area contributed by atoms with E-state index in [1.54, 1.807) is 23.9 Å². The highest BCUT2D eigenvalue weighted by atomic mass is 32.2. The van der Waals surface area contributed by atoms with Gasteiger partial charge in [0.15, 0.2) is 0 Å². The fourth-order valence-electron chi connectivity index (χ4n) is 1.15. The molecular formula is C11H14O2S. The molecule has 0 spiro atoms. The SMILES string of the molecule is Oc1ccc(SCOCC2CC2)cc1. The summed E-state index contributed by atoms with van der Waals surface area (Å²) in [6, 6.07) is 7.20. The number of hydrogen-bond acceptors (Lipinski definition) is 3. The van der Waals surface area contributed by atoms with Gasteiger partial charge in [0.05, 0.1) is 12.5 Å². The summed E-state index contributed by atoms with van der Waals surface area (Å²) in [6.45, 7) is 0.908. The second kappa shape index (κ2) is 4.71. The first-order valence-electron chi connectivity index (χ1n) is 4.84. The van der Waals surface area contributed by atoms with Gasteiger partial charge in [0, 0.05) is 4.90 Å². The average molecular weight is 210 g/mol. The zero-order valence-electron chi connectivity index (χ0n) is 7.98. The summed E-state index contributed by atoms with van der Waals surface area (Å²) in [5, 5.41) is 9.07. The normalized spacial score (nSPS) is 15.7. The molecule has 0 saturated heterocycles. The Morgan fingerprint density at radius 1 is 1.29 bits per heavy atom. The third-order valence-corrected chi connectivity index (χ3v) is 3.09. The molecule has 1 saturated carbocycles. The summed E-state index contributed by atoms with van der Waals surface area (Å²) in [7, 11) is 0. The number of rotatable bonds is 5. The molecule has 0 heterocycles. The summed E-state index contributed by atoms with van der Waals surface area (Å²) in [4.78, 5) is 1.14. The van der Waals surface area contributed by atoms with Crippen molar-refractivity contribution in [3.63, 3.8) is 0 Å². The Hall–Kier alpha value is -0.670. The van der Waals surface area contributed by atoms with E-state index in [4.69, 9.17) is 9.84 Å². The van der Waals surface area contributed by atoms with Gasteiger partial charge in [-0.3, -0.25) is 0 Å². The lowest BCUT2D eigenvalue weighted by Gasteiger charge is -2.02. The van der Waals surface area contributed by atoms with E-state index in [9.17, 15) is 0 Å². The van der Waals surface area contributed by atoms with Gasteiger partial charge < -0.3 is 9.84 Å². The first-order chi connectivity index (χ1) is 6.84. The van der Waals surface area contributed by atoms with E-state index in [1.807, 2.05) is 12.1 Å². The molecule has 2 nitrogen and oxygen atoms in total. The zero-order chi connectivity index (χ0) is 9.80. The number of phenols is 1. The minimum absolute atomic E-state index is 0.313. The van der Waals surface area contributed by atoms with Gasteiger partial charge in [0.1, 0.15) is 5.75 Å². The van der Waals surface area contributed by atoms with Gasteiger partial charge in [0.25, 0.3) is 0 Å². The Bertz CT molecular complexity index is 280. The Labute approximate surface area is 88.3 Å². The number of hydrogen-bond donors (Lipinski definition) is 1. The third-order valence-electron chi connectivity index (χ3n) is 2.20. The van der Waals surface area contributed by atoms with Crippen LogP contribution in [-0.4, -0.2) is 17.7 Å². The number of benzene rings is 1. The molecule has 1 aromatic carbocycles. The lowest BCUT2D eigenvalue weighted by Crippen LogP contribution is -1.94. The summed E-state index contributed by atoms with van der Waals surface area (Å²) >= 11 is 1.67. The van der Waals surface area contributed by atoms with Crippen LogP contribution >= 0.6 is 11.8 Å². The molecule has 1 aliphatic carbocycles. The van der Waals surface area contributed by atoms with Crippen LogP contribution < -0.4 is 0 Å². The Morgan fingerprint density at radius 3 is 2.64 bits per heavy atom.